The molecule has 0 aliphatic carbocycles. The minimum atomic E-state index is 0.305. The van der Waals surface area contributed by atoms with E-state index in [0.717, 1.165) is 25.3 Å². The van der Waals surface area contributed by atoms with Crippen LogP contribution in [0.5, 0.6) is 0 Å². The molecule has 0 spiro atoms. The van der Waals surface area contributed by atoms with E-state index < -0.39 is 0 Å². The predicted octanol–water partition coefficient (Wildman–Crippen LogP) is 0.786. The number of hydrogen-bond donors (Lipinski definition) is 0. The van der Waals surface area contributed by atoms with Crippen molar-refractivity contribution < 1.29 is 4.79 Å². The summed E-state index contributed by atoms with van der Waals surface area (Å²) < 4.78 is 0. The SMILES string of the molecule is [CH2]CCN1CCSC(=O)C1. The molecule has 1 radical (unpaired) electrons. The molecule has 1 fully saturated rings. The van der Waals surface area contributed by atoms with Gasteiger partial charge in [-0.15, -0.1) is 0 Å². The number of rotatable bonds is 2. The first-order valence-corrected chi connectivity index (χ1v) is 4.48. The summed E-state index contributed by atoms with van der Waals surface area (Å²) in [7, 11) is 0. The quantitative estimate of drug-likeness (QED) is 0.592. The van der Waals surface area contributed by atoms with Gasteiger partial charge in [-0.1, -0.05) is 18.7 Å². The smallest absolute Gasteiger partial charge is 0.202 e. The third kappa shape index (κ3) is 2.31. The lowest BCUT2D eigenvalue weighted by Crippen LogP contribution is -2.35. The molecular weight excluding hydrogens is 146 g/mol. The lowest BCUT2D eigenvalue weighted by Gasteiger charge is -2.23. The van der Waals surface area contributed by atoms with Gasteiger partial charge in [0.25, 0.3) is 0 Å². The summed E-state index contributed by atoms with van der Waals surface area (Å²) in [5.74, 6) is 0.957. The summed E-state index contributed by atoms with van der Waals surface area (Å²) in [4.78, 5) is 13.0. The summed E-state index contributed by atoms with van der Waals surface area (Å²) in [5.41, 5.74) is 0. The van der Waals surface area contributed by atoms with Gasteiger partial charge in [0.1, 0.15) is 0 Å². The lowest BCUT2D eigenvalue weighted by atomic mass is 10.4. The Morgan fingerprint density at radius 2 is 2.50 bits per heavy atom. The summed E-state index contributed by atoms with van der Waals surface area (Å²) in [5, 5.41) is 0.305. The van der Waals surface area contributed by atoms with Crippen LogP contribution in [0.2, 0.25) is 0 Å². The highest BCUT2D eigenvalue weighted by molar-refractivity contribution is 8.13. The molecular formula is C7H12NOS. The zero-order valence-electron chi connectivity index (χ0n) is 6.01. The normalized spacial score (nSPS) is 21.5. The van der Waals surface area contributed by atoms with E-state index >= 15 is 0 Å². The second kappa shape index (κ2) is 3.98. The molecule has 57 valence electrons. The van der Waals surface area contributed by atoms with Crippen molar-refractivity contribution in [2.45, 2.75) is 6.42 Å². The summed E-state index contributed by atoms with van der Waals surface area (Å²) in [6.45, 7) is 6.38. The molecule has 1 saturated heterocycles. The molecule has 0 bridgehead atoms. The average molecular weight is 158 g/mol. The van der Waals surface area contributed by atoms with Crippen LogP contribution < -0.4 is 0 Å². The van der Waals surface area contributed by atoms with Crippen LogP contribution in [0, 0.1) is 6.92 Å². The predicted molar refractivity (Wildman–Crippen MR) is 43.9 cm³/mol. The van der Waals surface area contributed by atoms with Gasteiger partial charge in [0, 0.05) is 12.3 Å². The van der Waals surface area contributed by atoms with E-state index in [1.807, 2.05) is 0 Å². The van der Waals surface area contributed by atoms with Crippen LogP contribution in [-0.2, 0) is 4.79 Å². The van der Waals surface area contributed by atoms with Crippen LogP contribution in [0.25, 0.3) is 0 Å². The second-order valence-corrected chi connectivity index (χ2v) is 3.50. The molecule has 0 amide bonds. The van der Waals surface area contributed by atoms with Crippen LogP contribution in [0.4, 0.5) is 0 Å². The topological polar surface area (TPSA) is 20.3 Å². The van der Waals surface area contributed by atoms with Gasteiger partial charge in [-0.25, -0.2) is 0 Å². The number of hydrogen-bond acceptors (Lipinski definition) is 3. The number of carbonyl (C=O) groups is 1. The first kappa shape index (κ1) is 8.08. The Morgan fingerprint density at radius 1 is 1.70 bits per heavy atom. The maximum absolute atomic E-state index is 10.8. The van der Waals surface area contributed by atoms with Crippen LogP contribution in [-0.4, -0.2) is 35.4 Å². The standard InChI is InChI=1S/C7H12NOS/c1-2-3-8-4-5-10-7(9)6-8/h1-6H2. The Kier molecular flexibility index (Phi) is 3.22. The molecule has 0 aromatic rings. The maximum atomic E-state index is 10.8. The van der Waals surface area contributed by atoms with Crippen molar-refractivity contribution in [2.75, 3.05) is 25.4 Å². The van der Waals surface area contributed by atoms with Gasteiger partial charge < -0.3 is 0 Å². The number of nitrogens with zero attached hydrogens (tertiary/aromatic N) is 1. The highest BCUT2D eigenvalue weighted by atomic mass is 32.2. The Hall–Kier alpha value is -0.0200. The van der Waals surface area contributed by atoms with Gasteiger partial charge in [-0.2, -0.15) is 0 Å². The Bertz CT molecular complexity index is 125. The van der Waals surface area contributed by atoms with Crippen LogP contribution in [0.15, 0.2) is 0 Å². The molecule has 0 saturated carbocycles. The van der Waals surface area contributed by atoms with Crippen molar-refractivity contribution in [3.63, 3.8) is 0 Å². The van der Waals surface area contributed by atoms with Crippen molar-refractivity contribution in [2.24, 2.45) is 0 Å². The zero-order valence-corrected chi connectivity index (χ0v) is 6.82. The molecule has 1 aliphatic rings. The fraction of sp³-hybridized carbons (Fsp3) is 0.714. The zero-order chi connectivity index (χ0) is 7.40. The summed E-state index contributed by atoms with van der Waals surface area (Å²) in [6, 6.07) is 0. The van der Waals surface area contributed by atoms with Crippen LogP contribution in [0.1, 0.15) is 6.42 Å². The molecule has 2 nitrogen and oxygen atoms in total. The van der Waals surface area contributed by atoms with Gasteiger partial charge in [0.15, 0.2) is 0 Å². The molecule has 3 heteroatoms. The Morgan fingerprint density at radius 3 is 3.10 bits per heavy atom. The molecule has 10 heavy (non-hydrogen) atoms. The summed E-state index contributed by atoms with van der Waals surface area (Å²) in [6.07, 6.45) is 0.901. The van der Waals surface area contributed by atoms with E-state index in [9.17, 15) is 4.79 Å². The van der Waals surface area contributed by atoms with E-state index in [-0.39, 0.29) is 0 Å². The van der Waals surface area contributed by atoms with E-state index in [4.69, 9.17) is 0 Å². The largest absolute Gasteiger partial charge is 0.295 e. The monoisotopic (exact) mass is 158 g/mol. The van der Waals surface area contributed by atoms with Crippen molar-refractivity contribution in [3.05, 3.63) is 6.92 Å². The molecule has 0 unspecified atom stereocenters. The third-order valence-electron chi connectivity index (χ3n) is 1.50. The first-order chi connectivity index (χ1) is 4.83. The van der Waals surface area contributed by atoms with Crippen LogP contribution >= 0.6 is 11.8 Å². The van der Waals surface area contributed by atoms with Gasteiger partial charge >= 0.3 is 0 Å². The molecule has 1 aliphatic heterocycles. The second-order valence-electron chi connectivity index (χ2n) is 2.35. The molecule has 1 heterocycles. The Labute approximate surface area is 66.0 Å². The number of thioether (sulfide) groups is 1. The fourth-order valence-electron chi connectivity index (χ4n) is 1.01. The highest BCUT2D eigenvalue weighted by Gasteiger charge is 2.15. The van der Waals surface area contributed by atoms with Crippen molar-refractivity contribution in [1.82, 2.24) is 4.90 Å². The van der Waals surface area contributed by atoms with Crippen molar-refractivity contribution in [3.8, 4) is 0 Å². The van der Waals surface area contributed by atoms with E-state index in [1.54, 1.807) is 0 Å². The van der Waals surface area contributed by atoms with E-state index in [0.29, 0.717) is 11.7 Å². The van der Waals surface area contributed by atoms with Crippen molar-refractivity contribution in [1.29, 1.82) is 0 Å². The average Bonchev–Trinajstić information content (AvgIpc) is 1.88. The van der Waals surface area contributed by atoms with Crippen molar-refractivity contribution >= 4 is 16.9 Å². The minimum Gasteiger partial charge on any atom is -0.295 e. The molecule has 0 atom stereocenters. The van der Waals surface area contributed by atoms with Crippen LogP contribution in [0.3, 0.4) is 0 Å². The van der Waals surface area contributed by atoms with Gasteiger partial charge in [0.05, 0.1) is 6.54 Å². The molecule has 0 N–H and O–H groups in total. The molecule has 0 aromatic carbocycles. The lowest BCUT2D eigenvalue weighted by molar-refractivity contribution is -0.112. The summed E-state index contributed by atoms with van der Waals surface area (Å²) >= 11 is 1.45. The van der Waals surface area contributed by atoms with E-state index in [1.165, 1.54) is 11.8 Å². The molecule has 1 rings (SSSR count). The highest BCUT2D eigenvalue weighted by Crippen LogP contribution is 2.10. The van der Waals surface area contributed by atoms with Gasteiger partial charge in [-0.05, 0) is 13.0 Å². The fourth-order valence-corrected chi connectivity index (χ4v) is 1.86. The Balaban J connectivity index is 2.25. The number of carbonyl (C=O) groups excluding carboxylic acids is 1. The molecule has 0 aromatic heterocycles. The third-order valence-corrected chi connectivity index (χ3v) is 2.34. The minimum absolute atomic E-state index is 0.305. The first-order valence-electron chi connectivity index (χ1n) is 3.50. The van der Waals surface area contributed by atoms with E-state index in [2.05, 4.69) is 11.8 Å². The van der Waals surface area contributed by atoms with Gasteiger partial charge in [-0.3, -0.25) is 9.69 Å². The van der Waals surface area contributed by atoms with Gasteiger partial charge in [0.2, 0.25) is 5.12 Å². The maximum Gasteiger partial charge on any atom is 0.202 e.